The van der Waals surface area contributed by atoms with E-state index in [1.54, 1.807) is 7.11 Å². The Kier molecular flexibility index (Phi) is 3.43. The zero-order valence-corrected chi connectivity index (χ0v) is 12.9. The highest BCUT2D eigenvalue weighted by Crippen LogP contribution is 2.49. The molecule has 3 nitrogen and oxygen atoms in total. The number of hydrogen-bond donors (Lipinski definition) is 2. The van der Waals surface area contributed by atoms with Crippen LogP contribution in [-0.4, -0.2) is 25.7 Å². The van der Waals surface area contributed by atoms with E-state index in [0.717, 1.165) is 18.2 Å². The van der Waals surface area contributed by atoms with Crippen LogP contribution >= 0.6 is 0 Å². The minimum atomic E-state index is 0.0683. The fourth-order valence-corrected chi connectivity index (χ4v) is 5.01. The van der Waals surface area contributed by atoms with Crippen molar-refractivity contribution in [3.05, 3.63) is 29.8 Å². The van der Waals surface area contributed by atoms with Crippen LogP contribution < -0.4 is 15.4 Å². The second kappa shape index (κ2) is 5.29. The minimum Gasteiger partial charge on any atom is -0.496 e. The van der Waals surface area contributed by atoms with Gasteiger partial charge in [0.2, 0.25) is 0 Å². The summed E-state index contributed by atoms with van der Waals surface area (Å²) >= 11 is 0. The molecular formula is C18H26N2O. The van der Waals surface area contributed by atoms with E-state index in [1.165, 1.54) is 44.1 Å². The van der Waals surface area contributed by atoms with Gasteiger partial charge in [-0.2, -0.15) is 0 Å². The van der Waals surface area contributed by atoms with Crippen LogP contribution in [0.5, 0.6) is 5.75 Å². The molecule has 3 fully saturated rings. The summed E-state index contributed by atoms with van der Waals surface area (Å²) in [5, 5.41) is 7.82. The normalized spacial score (nSPS) is 38.6. The molecule has 0 aromatic heterocycles. The predicted molar refractivity (Wildman–Crippen MR) is 84.6 cm³/mol. The van der Waals surface area contributed by atoms with Crippen molar-refractivity contribution in [2.24, 2.45) is 5.92 Å². The number of para-hydroxylation sites is 1. The van der Waals surface area contributed by atoms with Crippen molar-refractivity contribution in [1.82, 2.24) is 10.6 Å². The van der Waals surface area contributed by atoms with E-state index in [9.17, 15) is 0 Å². The van der Waals surface area contributed by atoms with Gasteiger partial charge in [-0.3, -0.25) is 0 Å². The molecule has 0 spiro atoms. The molecule has 2 heterocycles. The third-order valence-corrected chi connectivity index (χ3v) is 5.93. The summed E-state index contributed by atoms with van der Waals surface area (Å²) in [5.41, 5.74) is 1.43. The van der Waals surface area contributed by atoms with Crippen LogP contribution in [0.3, 0.4) is 0 Å². The molecule has 2 aliphatic heterocycles. The van der Waals surface area contributed by atoms with E-state index in [4.69, 9.17) is 4.74 Å². The largest absolute Gasteiger partial charge is 0.496 e. The molecule has 1 aromatic carbocycles. The monoisotopic (exact) mass is 286 g/mol. The molecule has 0 amide bonds. The highest BCUT2D eigenvalue weighted by Gasteiger charge is 2.52. The molecule has 2 N–H and O–H groups in total. The van der Waals surface area contributed by atoms with E-state index in [1.807, 2.05) is 0 Å². The van der Waals surface area contributed by atoms with Crippen molar-refractivity contribution in [3.63, 3.8) is 0 Å². The second-order valence-electron chi connectivity index (χ2n) is 6.97. The van der Waals surface area contributed by atoms with Gasteiger partial charge in [0.05, 0.1) is 12.6 Å². The number of benzene rings is 1. The third kappa shape index (κ3) is 2.09. The first-order valence-electron chi connectivity index (χ1n) is 8.48. The Morgan fingerprint density at radius 1 is 1.14 bits per heavy atom. The van der Waals surface area contributed by atoms with Crippen LogP contribution in [0.2, 0.25) is 0 Å². The molecule has 1 aromatic rings. The summed E-state index contributed by atoms with van der Waals surface area (Å²) in [6.45, 7) is 1.15. The number of hydrogen-bond acceptors (Lipinski definition) is 3. The summed E-state index contributed by atoms with van der Waals surface area (Å²) < 4.78 is 5.70. The number of methoxy groups -OCH3 is 1. The van der Waals surface area contributed by atoms with Crippen LogP contribution in [0.4, 0.5) is 0 Å². The van der Waals surface area contributed by atoms with Crippen LogP contribution in [0.1, 0.15) is 44.1 Å². The molecule has 3 aliphatic rings. The number of fused-ring (bicyclic) bond motifs is 1. The fourth-order valence-electron chi connectivity index (χ4n) is 5.01. The number of rotatable bonds is 3. The molecule has 114 valence electrons. The van der Waals surface area contributed by atoms with Crippen LogP contribution in [0.25, 0.3) is 0 Å². The van der Waals surface area contributed by atoms with Crippen molar-refractivity contribution >= 4 is 0 Å². The molecule has 1 saturated carbocycles. The standard InChI is InChI=1S/C18H26N2O/c1-21-16-9-3-2-7-14(16)18(17-10-5-11-19-17)12-13-6-4-8-15(13)20-18/h2-3,7,9,13,15,17,19-20H,4-6,8,10-12H2,1H3/t13-,15-,17-,18-/m1/s1. The van der Waals surface area contributed by atoms with Gasteiger partial charge in [0.15, 0.2) is 0 Å². The lowest BCUT2D eigenvalue weighted by Crippen LogP contribution is -2.53. The van der Waals surface area contributed by atoms with Crippen LogP contribution in [-0.2, 0) is 5.54 Å². The summed E-state index contributed by atoms with van der Waals surface area (Å²) in [6.07, 6.45) is 7.94. The maximum Gasteiger partial charge on any atom is 0.123 e. The highest BCUT2D eigenvalue weighted by molar-refractivity contribution is 5.42. The number of nitrogens with one attached hydrogen (secondary N) is 2. The number of ether oxygens (including phenoxy) is 1. The Morgan fingerprint density at radius 3 is 2.81 bits per heavy atom. The summed E-state index contributed by atoms with van der Waals surface area (Å²) in [6, 6.07) is 9.86. The molecule has 0 bridgehead atoms. The lowest BCUT2D eigenvalue weighted by Gasteiger charge is -2.38. The van der Waals surface area contributed by atoms with Crippen LogP contribution in [0.15, 0.2) is 24.3 Å². The first kappa shape index (κ1) is 13.6. The summed E-state index contributed by atoms with van der Waals surface area (Å²) in [5.74, 6) is 1.89. The predicted octanol–water partition coefficient (Wildman–Crippen LogP) is 2.80. The van der Waals surface area contributed by atoms with Gasteiger partial charge in [0.25, 0.3) is 0 Å². The van der Waals surface area contributed by atoms with Gasteiger partial charge in [0, 0.05) is 17.6 Å². The molecule has 0 radical (unpaired) electrons. The molecular weight excluding hydrogens is 260 g/mol. The lowest BCUT2D eigenvalue weighted by molar-refractivity contribution is 0.256. The smallest absolute Gasteiger partial charge is 0.123 e. The Hall–Kier alpha value is -1.06. The average Bonchev–Trinajstić information content (AvgIpc) is 3.22. The SMILES string of the molecule is COc1ccccc1[C@@]1([C@H]2CCCN2)C[C@H]2CCC[C@H]2N1. The van der Waals surface area contributed by atoms with E-state index >= 15 is 0 Å². The van der Waals surface area contributed by atoms with Crippen molar-refractivity contribution in [3.8, 4) is 5.75 Å². The molecule has 3 heteroatoms. The van der Waals surface area contributed by atoms with Crippen molar-refractivity contribution < 1.29 is 4.74 Å². The van der Waals surface area contributed by atoms with Crippen LogP contribution in [0, 0.1) is 5.92 Å². The van der Waals surface area contributed by atoms with Crippen molar-refractivity contribution in [2.75, 3.05) is 13.7 Å². The Morgan fingerprint density at radius 2 is 2.05 bits per heavy atom. The highest BCUT2D eigenvalue weighted by atomic mass is 16.5. The summed E-state index contributed by atoms with van der Waals surface area (Å²) in [4.78, 5) is 0. The molecule has 21 heavy (non-hydrogen) atoms. The van der Waals surface area contributed by atoms with Crippen molar-refractivity contribution in [1.29, 1.82) is 0 Å². The van der Waals surface area contributed by atoms with Gasteiger partial charge in [-0.05, 0) is 50.6 Å². The first-order chi connectivity index (χ1) is 10.3. The molecule has 4 rings (SSSR count). The van der Waals surface area contributed by atoms with Gasteiger partial charge in [-0.1, -0.05) is 24.6 Å². The second-order valence-corrected chi connectivity index (χ2v) is 6.97. The Bertz CT molecular complexity index is 498. The van der Waals surface area contributed by atoms with E-state index in [0.29, 0.717) is 12.1 Å². The van der Waals surface area contributed by atoms with E-state index < -0.39 is 0 Å². The zero-order valence-electron chi connectivity index (χ0n) is 12.9. The summed E-state index contributed by atoms with van der Waals surface area (Å²) in [7, 11) is 1.80. The van der Waals surface area contributed by atoms with Gasteiger partial charge in [-0.25, -0.2) is 0 Å². The molecule has 4 atom stereocenters. The Balaban J connectivity index is 1.77. The lowest BCUT2D eigenvalue weighted by atomic mass is 9.78. The van der Waals surface area contributed by atoms with Gasteiger partial charge in [-0.15, -0.1) is 0 Å². The van der Waals surface area contributed by atoms with Gasteiger partial charge < -0.3 is 15.4 Å². The van der Waals surface area contributed by atoms with Gasteiger partial charge in [0.1, 0.15) is 5.75 Å². The maximum absolute atomic E-state index is 5.70. The molecule has 2 saturated heterocycles. The molecule has 1 aliphatic carbocycles. The van der Waals surface area contributed by atoms with E-state index in [-0.39, 0.29) is 5.54 Å². The minimum absolute atomic E-state index is 0.0683. The average molecular weight is 286 g/mol. The van der Waals surface area contributed by atoms with Gasteiger partial charge >= 0.3 is 0 Å². The quantitative estimate of drug-likeness (QED) is 0.896. The third-order valence-electron chi connectivity index (χ3n) is 5.93. The molecule has 0 unspecified atom stereocenters. The Labute approximate surface area is 127 Å². The van der Waals surface area contributed by atoms with E-state index in [2.05, 4.69) is 34.9 Å². The first-order valence-corrected chi connectivity index (χ1v) is 8.48. The maximum atomic E-state index is 5.70. The van der Waals surface area contributed by atoms with Crippen molar-refractivity contribution in [2.45, 2.75) is 56.1 Å². The zero-order chi connectivity index (χ0) is 14.3. The fraction of sp³-hybridized carbons (Fsp3) is 0.667. The topological polar surface area (TPSA) is 33.3 Å².